The van der Waals surface area contributed by atoms with E-state index in [2.05, 4.69) is 21.2 Å². The summed E-state index contributed by atoms with van der Waals surface area (Å²) >= 11 is 3.16. The van der Waals surface area contributed by atoms with Gasteiger partial charge in [0.15, 0.2) is 4.67 Å². The number of carbonyl (C=O) groups excluding carboxylic acids is 1. The Bertz CT molecular complexity index is 317. The Kier molecular flexibility index (Phi) is 2.40. The molecule has 13 heavy (non-hydrogen) atoms. The molecule has 0 radical (unpaired) electrons. The molecule has 1 aliphatic rings. The molecule has 1 aromatic rings. The Morgan fingerprint density at radius 1 is 1.69 bits per heavy atom. The van der Waals surface area contributed by atoms with Gasteiger partial charge in [-0.2, -0.15) is 0 Å². The summed E-state index contributed by atoms with van der Waals surface area (Å²) in [5, 5.41) is 2.86. The number of nitrogens with one attached hydrogen (secondary N) is 1. The first-order chi connectivity index (χ1) is 6.27. The minimum atomic E-state index is -0.0625. The summed E-state index contributed by atoms with van der Waals surface area (Å²) in [5.74, 6) is 0.641. The summed E-state index contributed by atoms with van der Waals surface area (Å²) < 4.78 is 5.46. The lowest BCUT2D eigenvalue weighted by Crippen LogP contribution is -2.25. The van der Waals surface area contributed by atoms with Crippen molar-refractivity contribution in [2.75, 3.05) is 6.54 Å². The number of halogens is 1. The molecule has 2 rings (SSSR count). The van der Waals surface area contributed by atoms with E-state index < -0.39 is 0 Å². The van der Waals surface area contributed by atoms with Gasteiger partial charge in [0.25, 0.3) is 5.91 Å². The number of amides is 1. The lowest BCUT2D eigenvalue weighted by molar-refractivity contribution is 0.0950. The van der Waals surface area contributed by atoms with Gasteiger partial charge in [0, 0.05) is 6.54 Å². The molecule has 0 bridgehead atoms. The van der Waals surface area contributed by atoms with Crippen molar-refractivity contribution in [3.05, 3.63) is 22.6 Å². The molecular weight excluding hydrogens is 234 g/mol. The molecule has 1 heterocycles. The van der Waals surface area contributed by atoms with Crippen molar-refractivity contribution >= 4 is 21.8 Å². The van der Waals surface area contributed by atoms with Crippen molar-refractivity contribution in [3.8, 4) is 0 Å². The van der Waals surface area contributed by atoms with Crippen LogP contribution in [0.4, 0.5) is 0 Å². The van der Waals surface area contributed by atoms with Crippen LogP contribution in [0.3, 0.4) is 0 Å². The summed E-state index contributed by atoms with van der Waals surface area (Å²) in [4.78, 5) is 11.5. The van der Waals surface area contributed by atoms with Crippen molar-refractivity contribution in [2.24, 2.45) is 5.92 Å². The number of hydrogen-bond acceptors (Lipinski definition) is 2. The molecule has 0 saturated heterocycles. The van der Waals surface area contributed by atoms with Gasteiger partial charge in [0.05, 0.1) is 11.8 Å². The van der Waals surface area contributed by atoms with E-state index in [1.54, 1.807) is 6.07 Å². The van der Waals surface area contributed by atoms with Gasteiger partial charge in [-0.1, -0.05) is 0 Å². The van der Waals surface area contributed by atoms with Crippen LogP contribution in [0.2, 0.25) is 0 Å². The fourth-order valence-corrected chi connectivity index (χ4v) is 1.53. The molecule has 1 N–H and O–H groups in total. The summed E-state index contributed by atoms with van der Waals surface area (Å²) in [7, 11) is 0. The van der Waals surface area contributed by atoms with E-state index >= 15 is 0 Å². The van der Waals surface area contributed by atoms with E-state index in [1.165, 1.54) is 19.1 Å². The van der Waals surface area contributed by atoms with Crippen LogP contribution in [0.15, 0.2) is 21.4 Å². The van der Waals surface area contributed by atoms with E-state index in [9.17, 15) is 4.79 Å². The lowest BCUT2D eigenvalue weighted by atomic mass is 10.3. The van der Waals surface area contributed by atoms with Crippen molar-refractivity contribution in [1.29, 1.82) is 0 Å². The number of hydrogen-bond donors (Lipinski definition) is 1. The minimum Gasteiger partial charge on any atom is -0.457 e. The average Bonchev–Trinajstić information content (AvgIpc) is 2.84. The Hall–Kier alpha value is -0.770. The van der Waals surface area contributed by atoms with Crippen molar-refractivity contribution in [1.82, 2.24) is 5.32 Å². The summed E-state index contributed by atoms with van der Waals surface area (Å²) in [6.07, 6.45) is 3.98. The van der Waals surface area contributed by atoms with Crippen LogP contribution in [0, 0.1) is 5.92 Å². The minimum absolute atomic E-state index is 0.0625. The first-order valence-electron chi connectivity index (χ1n) is 4.28. The number of furan rings is 1. The third-order valence-corrected chi connectivity index (χ3v) is 2.72. The molecule has 0 aliphatic heterocycles. The Balaban J connectivity index is 1.92. The van der Waals surface area contributed by atoms with Crippen LogP contribution in [0.1, 0.15) is 23.2 Å². The van der Waals surface area contributed by atoms with Crippen molar-refractivity contribution in [3.63, 3.8) is 0 Å². The molecule has 1 fully saturated rings. The molecule has 0 unspecified atom stereocenters. The fourth-order valence-electron chi connectivity index (χ4n) is 1.11. The van der Waals surface area contributed by atoms with Crippen LogP contribution < -0.4 is 5.32 Å². The van der Waals surface area contributed by atoms with Gasteiger partial charge in [0.1, 0.15) is 0 Å². The van der Waals surface area contributed by atoms with E-state index in [4.69, 9.17) is 4.42 Å². The van der Waals surface area contributed by atoms with Crippen molar-refractivity contribution in [2.45, 2.75) is 12.8 Å². The Labute approximate surface area is 84.6 Å². The van der Waals surface area contributed by atoms with E-state index in [-0.39, 0.29) is 5.91 Å². The third-order valence-electron chi connectivity index (χ3n) is 2.11. The first kappa shape index (κ1) is 8.81. The Morgan fingerprint density at radius 2 is 2.46 bits per heavy atom. The zero-order chi connectivity index (χ0) is 9.26. The molecule has 1 aliphatic carbocycles. The van der Waals surface area contributed by atoms with Crippen LogP contribution in [0.25, 0.3) is 0 Å². The van der Waals surface area contributed by atoms with Gasteiger partial charge >= 0.3 is 0 Å². The van der Waals surface area contributed by atoms with Crippen LogP contribution >= 0.6 is 15.9 Å². The van der Waals surface area contributed by atoms with E-state index in [1.807, 2.05) is 0 Å². The number of rotatable bonds is 3. The molecule has 1 saturated carbocycles. The predicted molar refractivity (Wildman–Crippen MR) is 51.5 cm³/mol. The highest BCUT2D eigenvalue weighted by atomic mass is 79.9. The quantitative estimate of drug-likeness (QED) is 0.885. The largest absolute Gasteiger partial charge is 0.457 e. The summed E-state index contributed by atoms with van der Waals surface area (Å²) in [6.45, 7) is 0.788. The van der Waals surface area contributed by atoms with Crippen molar-refractivity contribution < 1.29 is 9.21 Å². The molecule has 0 spiro atoms. The molecular formula is C9H10BrNO2. The third kappa shape index (κ3) is 2.12. The first-order valence-corrected chi connectivity index (χ1v) is 5.08. The summed E-state index contributed by atoms with van der Waals surface area (Å²) in [6, 6.07) is 1.66. The molecule has 4 heteroatoms. The molecule has 1 aromatic heterocycles. The molecule has 70 valence electrons. The Morgan fingerprint density at radius 3 is 3.00 bits per heavy atom. The normalized spacial score (nSPS) is 15.8. The second-order valence-corrected chi connectivity index (χ2v) is 3.98. The average molecular weight is 244 g/mol. The fraction of sp³-hybridized carbons (Fsp3) is 0.444. The molecule has 1 amide bonds. The van der Waals surface area contributed by atoms with Crippen LogP contribution in [-0.2, 0) is 0 Å². The van der Waals surface area contributed by atoms with E-state index in [0.29, 0.717) is 16.2 Å². The van der Waals surface area contributed by atoms with Crippen LogP contribution in [-0.4, -0.2) is 12.5 Å². The van der Waals surface area contributed by atoms with Gasteiger partial charge < -0.3 is 9.73 Å². The molecule has 0 atom stereocenters. The SMILES string of the molecule is O=C(NCC1CC1)c1ccoc1Br. The monoisotopic (exact) mass is 243 g/mol. The standard InChI is InChI=1S/C9H10BrNO2/c10-8-7(3-4-13-8)9(12)11-5-6-1-2-6/h3-4,6H,1-2,5H2,(H,11,12). The second-order valence-electron chi connectivity index (χ2n) is 3.26. The maximum atomic E-state index is 11.5. The highest BCUT2D eigenvalue weighted by Crippen LogP contribution is 2.27. The van der Waals surface area contributed by atoms with Crippen LogP contribution in [0.5, 0.6) is 0 Å². The zero-order valence-electron chi connectivity index (χ0n) is 7.05. The second kappa shape index (κ2) is 3.54. The highest BCUT2D eigenvalue weighted by molar-refractivity contribution is 9.10. The van der Waals surface area contributed by atoms with Gasteiger partial charge in [-0.15, -0.1) is 0 Å². The maximum absolute atomic E-state index is 11.5. The molecule has 3 nitrogen and oxygen atoms in total. The predicted octanol–water partition coefficient (Wildman–Crippen LogP) is 2.18. The topological polar surface area (TPSA) is 42.2 Å². The van der Waals surface area contributed by atoms with Gasteiger partial charge in [-0.3, -0.25) is 4.79 Å². The maximum Gasteiger partial charge on any atom is 0.255 e. The zero-order valence-corrected chi connectivity index (χ0v) is 8.63. The highest BCUT2D eigenvalue weighted by Gasteiger charge is 2.22. The molecule has 0 aromatic carbocycles. The van der Waals surface area contributed by atoms with Gasteiger partial charge in [-0.25, -0.2) is 0 Å². The van der Waals surface area contributed by atoms with Gasteiger partial charge in [-0.05, 0) is 40.8 Å². The van der Waals surface area contributed by atoms with Gasteiger partial charge in [0.2, 0.25) is 0 Å². The van der Waals surface area contributed by atoms with E-state index in [0.717, 1.165) is 6.54 Å². The number of carbonyl (C=O) groups is 1. The smallest absolute Gasteiger partial charge is 0.255 e. The lowest BCUT2D eigenvalue weighted by Gasteiger charge is -2.00. The summed E-state index contributed by atoms with van der Waals surface area (Å²) in [5.41, 5.74) is 0.570.